The first-order valence-corrected chi connectivity index (χ1v) is 3.74. The molecule has 0 bridgehead atoms. The van der Waals surface area contributed by atoms with E-state index in [1.807, 2.05) is 0 Å². The van der Waals surface area contributed by atoms with Gasteiger partial charge in [0.1, 0.15) is 19.0 Å². The Bertz CT molecular complexity index is 224. The molecule has 0 spiro atoms. The lowest BCUT2D eigenvalue weighted by molar-refractivity contribution is -0.169. The fraction of sp³-hybridized carbons (Fsp3) is 0.500. The van der Waals surface area contributed by atoms with Crippen LogP contribution in [0.2, 0.25) is 0 Å². The van der Waals surface area contributed by atoms with E-state index in [0.717, 1.165) is 4.90 Å². The van der Waals surface area contributed by atoms with Gasteiger partial charge < -0.3 is 9.64 Å². The van der Waals surface area contributed by atoms with Crippen molar-refractivity contribution in [3.05, 3.63) is 0 Å². The Balaban J connectivity index is 2.61. The first-order chi connectivity index (χ1) is 5.63. The van der Waals surface area contributed by atoms with Crippen LogP contribution in [0.1, 0.15) is 0 Å². The molecule has 0 N–H and O–H groups in total. The van der Waals surface area contributed by atoms with E-state index in [4.69, 9.17) is 11.6 Å². The molecule has 1 saturated heterocycles. The van der Waals surface area contributed by atoms with Gasteiger partial charge in [0.2, 0.25) is 5.91 Å². The molecule has 1 heterocycles. The molecule has 1 fully saturated rings. The number of esters is 2. The Morgan fingerprint density at radius 3 is 2.33 bits per heavy atom. The van der Waals surface area contributed by atoms with Crippen LogP contribution in [-0.2, 0) is 19.1 Å². The fourth-order valence-corrected chi connectivity index (χ4v) is 0.989. The molecule has 0 aromatic rings. The number of alkyl halides is 1. The molecule has 0 aromatic heterocycles. The van der Waals surface area contributed by atoms with E-state index in [2.05, 4.69) is 4.74 Å². The van der Waals surface area contributed by atoms with Gasteiger partial charge >= 0.3 is 11.9 Å². The van der Waals surface area contributed by atoms with Crippen LogP contribution < -0.4 is 0 Å². The Kier molecular flexibility index (Phi) is 2.65. The highest BCUT2D eigenvalue weighted by atomic mass is 35.5. The quantitative estimate of drug-likeness (QED) is 0.307. The van der Waals surface area contributed by atoms with Gasteiger partial charge in [0.15, 0.2) is 0 Å². The molecule has 1 aliphatic rings. The van der Waals surface area contributed by atoms with E-state index in [9.17, 15) is 14.4 Å². The number of hydrogen-bond donors (Lipinski definition) is 0. The SMILES string of the molecule is O=C1CN(C(=O)CCl)CC(=O)O1. The highest BCUT2D eigenvalue weighted by Crippen LogP contribution is 2.00. The van der Waals surface area contributed by atoms with Gasteiger partial charge in [0, 0.05) is 0 Å². The van der Waals surface area contributed by atoms with Crippen LogP contribution in [-0.4, -0.2) is 41.7 Å². The van der Waals surface area contributed by atoms with Crippen molar-refractivity contribution in [3.8, 4) is 0 Å². The minimum Gasteiger partial charge on any atom is -0.390 e. The Morgan fingerprint density at radius 2 is 1.92 bits per heavy atom. The van der Waals surface area contributed by atoms with Crippen LogP contribution in [0.4, 0.5) is 0 Å². The zero-order valence-corrected chi connectivity index (χ0v) is 6.84. The second-order valence-electron chi connectivity index (χ2n) is 2.23. The van der Waals surface area contributed by atoms with Crippen molar-refractivity contribution >= 4 is 29.4 Å². The second kappa shape index (κ2) is 3.53. The summed E-state index contributed by atoms with van der Waals surface area (Å²) in [7, 11) is 0. The van der Waals surface area contributed by atoms with Gasteiger partial charge in [-0.25, -0.2) is 9.59 Å². The molecule has 0 unspecified atom stereocenters. The third-order valence-electron chi connectivity index (χ3n) is 1.33. The van der Waals surface area contributed by atoms with Crippen LogP contribution in [0.3, 0.4) is 0 Å². The van der Waals surface area contributed by atoms with Gasteiger partial charge in [0.05, 0.1) is 0 Å². The highest BCUT2D eigenvalue weighted by molar-refractivity contribution is 6.27. The summed E-state index contributed by atoms with van der Waals surface area (Å²) in [5, 5.41) is 0. The van der Waals surface area contributed by atoms with Gasteiger partial charge in [-0.05, 0) is 0 Å². The third kappa shape index (κ3) is 1.94. The molecule has 1 amide bonds. The molecule has 66 valence electrons. The number of hydrogen-bond acceptors (Lipinski definition) is 4. The Labute approximate surface area is 73.2 Å². The molecule has 0 radical (unpaired) electrons. The van der Waals surface area contributed by atoms with Crippen molar-refractivity contribution in [2.24, 2.45) is 0 Å². The number of cyclic esters (lactones) is 2. The normalized spacial score (nSPS) is 17.6. The predicted molar refractivity (Wildman–Crippen MR) is 38.4 cm³/mol. The van der Waals surface area contributed by atoms with Crippen LogP contribution in [0, 0.1) is 0 Å². The summed E-state index contributed by atoms with van der Waals surface area (Å²) in [4.78, 5) is 33.2. The number of carbonyl (C=O) groups is 3. The van der Waals surface area contributed by atoms with Gasteiger partial charge in [-0.2, -0.15) is 0 Å². The number of morpholine rings is 1. The lowest BCUT2D eigenvalue weighted by Crippen LogP contribution is -2.46. The van der Waals surface area contributed by atoms with Gasteiger partial charge in [-0.3, -0.25) is 4.79 Å². The number of amides is 1. The summed E-state index contributed by atoms with van der Waals surface area (Å²) in [5.74, 6) is -2.11. The van der Waals surface area contributed by atoms with Gasteiger partial charge in [-0.15, -0.1) is 11.6 Å². The number of halogens is 1. The maximum Gasteiger partial charge on any atom is 0.333 e. The minimum atomic E-state index is -0.718. The molecule has 0 aliphatic carbocycles. The third-order valence-corrected chi connectivity index (χ3v) is 1.56. The summed E-state index contributed by atoms with van der Waals surface area (Å²) >= 11 is 5.23. The molecule has 5 nitrogen and oxygen atoms in total. The topological polar surface area (TPSA) is 63.7 Å². The van der Waals surface area contributed by atoms with Gasteiger partial charge in [0.25, 0.3) is 0 Å². The van der Waals surface area contributed by atoms with E-state index in [1.54, 1.807) is 0 Å². The highest BCUT2D eigenvalue weighted by Gasteiger charge is 2.27. The molecule has 1 aliphatic heterocycles. The number of nitrogens with zero attached hydrogens (tertiary/aromatic N) is 1. The molecule has 0 saturated carbocycles. The fourth-order valence-electron chi connectivity index (χ4n) is 0.820. The summed E-state index contributed by atoms with van der Waals surface area (Å²) in [6, 6.07) is 0. The molecule has 0 atom stereocenters. The maximum absolute atomic E-state index is 10.9. The largest absolute Gasteiger partial charge is 0.390 e. The Morgan fingerprint density at radius 1 is 1.42 bits per heavy atom. The monoisotopic (exact) mass is 191 g/mol. The van der Waals surface area contributed by atoms with Crippen molar-refractivity contribution in [2.75, 3.05) is 19.0 Å². The first kappa shape index (κ1) is 8.99. The van der Waals surface area contributed by atoms with Crippen LogP contribution in [0.15, 0.2) is 0 Å². The summed E-state index contributed by atoms with van der Waals surface area (Å²) < 4.78 is 4.20. The van der Waals surface area contributed by atoms with E-state index < -0.39 is 17.8 Å². The minimum absolute atomic E-state index is 0.197. The van der Waals surface area contributed by atoms with E-state index >= 15 is 0 Å². The average Bonchev–Trinajstić information content (AvgIpc) is 2.01. The molecular weight excluding hydrogens is 186 g/mol. The molecule has 0 aromatic carbocycles. The van der Waals surface area contributed by atoms with Crippen molar-refractivity contribution in [3.63, 3.8) is 0 Å². The first-order valence-electron chi connectivity index (χ1n) is 3.20. The molecule has 12 heavy (non-hydrogen) atoms. The summed E-state index contributed by atoms with van der Waals surface area (Å²) in [5.41, 5.74) is 0. The summed E-state index contributed by atoms with van der Waals surface area (Å²) in [6.07, 6.45) is 0. The molecule has 1 rings (SSSR count). The zero-order chi connectivity index (χ0) is 9.14. The van der Waals surface area contributed by atoms with E-state index in [-0.39, 0.29) is 19.0 Å². The van der Waals surface area contributed by atoms with Gasteiger partial charge in [-0.1, -0.05) is 0 Å². The van der Waals surface area contributed by atoms with E-state index in [1.165, 1.54) is 0 Å². The second-order valence-corrected chi connectivity index (χ2v) is 2.50. The smallest absolute Gasteiger partial charge is 0.333 e. The van der Waals surface area contributed by atoms with Crippen LogP contribution in [0.5, 0.6) is 0 Å². The lowest BCUT2D eigenvalue weighted by Gasteiger charge is -2.23. The van der Waals surface area contributed by atoms with Crippen molar-refractivity contribution in [1.29, 1.82) is 0 Å². The van der Waals surface area contributed by atoms with Crippen molar-refractivity contribution in [1.82, 2.24) is 4.90 Å². The molecular formula is C6H6ClNO4. The Hall–Kier alpha value is -1.10. The van der Waals surface area contributed by atoms with Crippen LogP contribution in [0.25, 0.3) is 0 Å². The lowest BCUT2D eigenvalue weighted by atomic mass is 10.4. The molecule has 6 heteroatoms. The zero-order valence-electron chi connectivity index (χ0n) is 6.08. The van der Waals surface area contributed by atoms with Crippen molar-refractivity contribution < 1.29 is 19.1 Å². The van der Waals surface area contributed by atoms with E-state index in [0.29, 0.717) is 0 Å². The number of carbonyl (C=O) groups excluding carboxylic acids is 3. The van der Waals surface area contributed by atoms with Crippen molar-refractivity contribution in [2.45, 2.75) is 0 Å². The van der Waals surface area contributed by atoms with Crippen LogP contribution >= 0.6 is 11.6 Å². The standard InChI is InChI=1S/C6H6ClNO4/c7-1-4(9)8-2-5(10)12-6(11)3-8/h1-3H2. The average molecular weight is 192 g/mol. The number of rotatable bonds is 1. The maximum atomic E-state index is 10.9. The summed E-state index contributed by atoms with van der Waals surface area (Å²) in [6.45, 7) is -0.394. The predicted octanol–water partition coefficient (Wildman–Crippen LogP) is -0.863. The number of ether oxygens (including phenoxy) is 1.